The molecule has 140 valence electrons. The number of fused-ring (bicyclic) bond motifs is 1. The van der Waals surface area contributed by atoms with Gasteiger partial charge in [-0.15, -0.1) is 5.10 Å². The lowest BCUT2D eigenvalue weighted by atomic mass is 10.0. The quantitative estimate of drug-likeness (QED) is 0.373. The van der Waals surface area contributed by atoms with Gasteiger partial charge < -0.3 is 10.2 Å². The fraction of sp³-hybridized carbons (Fsp3) is 0. The minimum atomic E-state index is -0.365. The van der Waals surface area contributed by atoms with E-state index in [1.54, 1.807) is 16.8 Å². The minimum absolute atomic E-state index is 0.365. The molecule has 2 heterocycles. The van der Waals surface area contributed by atoms with E-state index >= 15 is 0 Å². The zero-order chi connectivity index (χ0) is 19.8. The van der Waals surface area contributed by atoms with E-state index in [-0.39, 0.29) is 5.63 Å². The Morgan fingerprint density at radius 1 is 0.793 bits per heavy atom. The van der Waals surface area contributed by atoms with E-state index in [0.29, 0.717) is 5.58 Å². The number of nitrogens with zero attached hydrogens (tertiary/aromatic N) is 3. The largest absolute Gasteiger partial charge is 0.423 e. The first-order valence-electron chi connectivity index (χ1n) is 9.09. The molecule has 0 bridgehead atoms. The molecule has 0 unspecified atom stereocenters. The number of anilines is 1. The van der Waals surface area contributed by atoms with Gasteiger partial charge in [0.15, 0.2) is 0 Å². The summed E-state index contributed by atoms with van der Waals surface area (Å²) in [6, 6.07) is 24.6. The molecule has 3 aromatic carbocycles. The van der Waals surface area contributed by atoms with E-state index in [9.17, 15) is 4.79 Å². The molecule has 2 aromatic heterocycles. The molecule has 0 fully saturated rings. The average molecular weight is 380 g/mol. The molecular formula is C23H16N4O2. The predicted molar refractivity (Wildman–Crippen MR) is 113 cm³/mol. The molecule has 0 atom stereocenters. The summed E-state index contributed by atoms with van der Waals surface area (Å²) >= 11 is 0. The zero-order valence-corrected chi connectivity index (χ0v) is 15.3. The fourth-order valence-corrected chi connectivity index (χ4v) is 3.23. The van der Waals surface area contributed by atoms with Crippen molar-refractivity contribution in [2.24, 2.45) is 0 Å². The first kappa shape index (κ1) is 16.9. The Bertz CT molecular complexity index is 1370. The molecule has 0 aliphatic carbocycles. The van der Waals surface area contributed by atoms with Crippen molar-refractivity contribution in [2.75, 3.05) is 5.73 Å². The van der Waals surface area contributed by atoms with Crippen LogP contribution in [0.1, 0.15) is 0 Å². The van der Waals surface area contributed by atoms with Crippen molar-refractivity contribution in [1.29, 1.82) is 0 Å². The summed E-state index contributed by atoms with van der Waals surface area (Å²) in [6.07, 6.45) is 1.87. The smallest absolute Gasteiger partial charge is 0.336 e. The number of aromatic nitrogens is 3. The van der Waals surface area contributed by atoms with E-state index in [2.05, 4.69) is 22.4 Å². The Morgan fingerprint density at radius 2 is 1.48 bits per heavy atom. The van der Waals surface area contributed by atoms with Crippen LogP contribution in [-0.2, 0) is 0 Å². The number of nitrogen functional groups attached to an aromatic ring is 1. The van der Waals surface area contributed by atoms with Crippen molar-refractivity contribution in [3.63, 3.8) is 0 Å². The van der Waals surface area contributed by atoms with Gasteiger partial charge in [-0.3, -0.25) is 0 Å². The van der Waals surface area contributed by atoms with Crippen molar-refractivity contribution in [1.82, 2.24) is 15.0 Å². The number of rotatable bonds is 3. The molecule has 0 aliphatic rings. The van der Waals surface area contributed by atoms with Crippen LogP contribution in [0.3, 0.4) is 0 Å². The second-order valence-corrected chi connectivity index (χ2v) is 6.72. The zero-order valence-electron chi connectivity index (χ0n) is 15.3. The highest BCUT2D eigenvalue weighted by Crippen LogP contribution is 2.25. The molecule has 5 aromatic rings. The van der Waals surface area contributed by atoms with Gasteiger partial charge in [0, 0.05) is 22.7 Å². The van der Waals surface area contributed by atoms with E-state index in [1.165, 1.54) is 6.07 Å². The summed E-state index contributed by atoms with van der Waals surface area (Å²) in [7, 11) is 0. The van der Waals surface area contributed by atoms with Crippen LogP contribution in [0.15, 0.2) is 94.3 Å². The monoisotopic (exact) mass is 380 g/mol. The van der Waals surface area contributed by atoms with Crippen LogP contribution in [-0.4, -0.2) is 15.0 Å². The van der Waals surface area contributed by atoms with Crippen molar-refractivity contribution >= 4 is 16.7 Å². The summed E-state index contributed by atoms with van der Waals surface area (Å²) in [5, 5.41) is 9.36. The SMILES string of the molecule is Nc1ccc(-c2ccc(-c3cn(-c4ccc5oc(=O)ccc5c4)nn3)cc2)cc1. The Balaban J connectivity index is 1.44. The van der Waals surface area contributed by atoms with Gasteiger partial charge >= 0.3 is 5.63 Å². The second-order valence-electron chi connectivity index (χ2n) is 6.72. The summed E-state index contributed by atoms with van der Waals surface area (Å²) in [4.78, 5) is 11.3. The van der Waals surface area contributed by atoms with Gasteiger partial charge in [-0.25, -0.2) is 9.48 Å². The molecule has 0 saturated heterocycles. The van der Waals surface area contributed by atoms with Crippen LogP contribution in [0.25, 0.3) is 39.0 Å². The second kappa shape index (κ2) is 6.76. The van der Waals surface area contributed by atoms with Gasteiger partial charge in [0.25, 0.3) is 0 Å². The Kier molecular flexibility index (Phi) is 3.95. The van der Waals surface area contributed by atoms with Crippen molar-refractivity contribution < 1.29 is 4.42 Å². The topological polar surface area (TPSA) is 86.9 Å². The number of hydrogen-bond donors (Lipinski definition) is 1. The van der Waals surface area contributed by atoms with Crippen LogP contribution in [0, 0.1) is 0 Å². The highest BCUT2D eigenvalue weighted by Gasteiger charge is 2.08. The van der Waals surface area contributed by atoms with Gasteiger partial charge in [0.05, 0.1) is 11.9 Å². The molecule has 29 heavy (non-hydrogen) atoms. The summed E-state index contributed by atoms with van der Waals surface area (Å²) in [6.45, 7) is 0. The van der Waals surface area contributed by atoms with Crippen molar-refractivity contribution in [3.8, 4) is 28.1 Å². The lowest BCUT2D eigenvalue weighted by Crippen LogP contribution is -1.97. The lowest BCUT2D eigenvalue weighted by molar-refractivity contribution is 0.561. The third kappa shape index (κ3) is 3.27. The van der Waals surface area contributed by atoms with Crippen LogP contribution in [0.4, 0.5) is 5.69 Å². The number of nitrogens with two attached hydrogens (primary N) is 1. The van der Waals surface area contributed by atoms with Gasteiger partial charge in [0.1, 0.15) is 11.3 Å². The molecule has 0 aliphatic heterocycles. The molecule has 0 amide bonds. The minimum Gasteiger partial charge on any atom is -0.423 e. The Labute approximate surface area is 165 Å². The van der Waals surface area contributed by atoms with E-state index in [4.69, 9.17) is 10.2 Å². The van der Waals surface area contributed by atoms with Crippen LogP contribution in [0.5, 0.6) is 0 Å². The normalized spacial score (nSPS) is 11.0. The predicted octanol–water partition coefficient (Wildman–Crippen LogP) is 4.29. The first-order valence-corrected chi connectivity index (χ1v) is 9.09. The first-order chi connectivity index (χ1) is 14.2. The van der Waals surface area contributed by atoms with Crippen molar-refractivity contribution in [2.45, 2.75) is 0 Å². The van der Waals surface area contributed by atoms with Gasteiger partial charge in [-0.05, 0) is 47.5 Å². The van der Waals surface area contributed by atoms with E-state index in [1.807, 2.05) is 54.7 Å². The molecule has 2 N–H and O–H groups in total. The number of benzene rings is 3. The number of hydrogen-bond acceptors (Lipinski definition) is 5. The fourth-order valence-electron chi connectivity index (χ4n) is 3.23. The van der Waals surface area contributed by atoms with Crippen molar-refractivity contribution in [3.05, 3.63) is 95.5 Å². The highest BCUT2D eigenvalue weighted by atomic mass is 16.4. The standard InChI is InChI=1S/C23H16N4O2/c24-19-8-5-16(6-9-19)15-1-3-17(4-2-15)21-14-27(26-25-21)20-10-11-22-18(13-20)7-12-23(28)29-22/h1-14H,24H2. The average Bonchev–Trinajstić information content (AvgIpc) is 3.24. The summed E-state index contributed by atoms with van der Waals surface area (Å²) in [5.41, 5.74) is 11.5. The third-order valence-corrected chi connectivity index (χ3v) is 4.79. The molecule has 0 radical (unpaired) electrons. The van der Waals surface area contributed by atoms with Crippen LogP contribution >= 0.6 is 0 Å². The molecule has 6 nitrogen and oxygen atoms in total. The summed E-state index contributed by atoms with van der Waals surface area (Å²) < 4.78 is 6.88. The van der Waals surface area contributed by atoms with Crippen LogP contribution in [0.2, 0.25) is 0 Å². The molecule has 0 spiro atoms. The molecule has 0 saturated carbocycles. The van der Waals surface area contributed by atoms with Gasteiger partial charge in [0.2, 0.25) is 0 Å². The molecular weight excluding hydrogens is 364 g/mol. The van der Waals surface area contributed by atoms with Gasteiger partial charge in [-0.2, -0.15) is 0 Å². The Morgan fingerprint density at radius 3 is 2.24 bits per heavy atom. The lowest BCUT2D eigenvalue weighted by Gasteiger charge is -2.03. The summed E-state index contributed by atoms with van der Waals surface area (Å²) in [5.74, 6) is 0. The molecule has 6 heteroatoms. The van der Waals surface area contributed by atoms with Gasteiger partial charge in [-0.1, -0.05) is 41.6 Å². The maximum Gasteiger partial charge on any atom is 0.336 e. The van der Waals surface area contributed by atoms with E-state index < -0.39 is 0 Å². The maximum atomic E-state index is 11.3. The maximum absolute atomic E-state index is 11.3. The van der Waals surface area contributed by atoms with E-state index in [0.717, 1.165) is 39.1 Å². The third-order valence-electron chi connectivity index (χ3n) is 4.79. The molecule has 5 rings (SSSR count). The highest BCUT2D eigenvalue weighted by molar-refractivity contribution is 5.78. The Hall–Kier alpha value is -4.19. The van der Waals surface area contributed by atoms with Crippen LogP contribution < -0.4 is 11.4 Å².